The number of rotatable bonds is 1. The van der Waals surface area contributed by atoms with Crippen LogP contribution in [0.4, 0.5) is 10.1 Å². The van der Waals surface area contributed by atoms with E-state index in [-0.39, 0.29) is 18.3 Å². The van der Waals surface area contributed by atoms with E-state index in [0.717, 1.165) is 5.56 Å². The number of amides is 1. The van der Waals surface area contributed by atoms with Crippen LogP contribution in [-0.4, -0.2) is 27.0 Å². The molecule has 2 aromatic rings. The molecule has 120 valence electrons. The molecule has 0 spiro atoms. The van der Waals surface area contributed by atoms with E-state index < -0.39 is 8.80 Å². The standard InChI is InChI=1S/C19H17FN2OSi/c1-24(2)10-9-13-7-8-17-15(11-13)19(21-12-18(23)22-17)14-5-3-4-6-16(14)20/h3-8,11,24H,12H2,1-2H3,(H,22,23). The molecule has 1 heterocycles. The number of fused-ring (bicyclic) bond motifs is 1. The molecule has 0 atom stereocenters. The van der Waals surface area contributed by atoms with Gasteiger partial charge in [-0.2, -0.15) is 0 Å². The minimum Gasteiger partial charge on any atom is -0.324 e. The van der Waals surface area contributed by atoms with Gasteiger partial charge in [0.05, 0.1) is 11.4 Å². The molecule has 0 aromatic heterocycles. The highest BCUT2D eigenvalue weighted by Crippen LogP contribution is 2.25. The van der Waals surface area contributed by atoms with Crippen LogP contribution in [0.15, 0.2) is 47.5 Å². The highest BCUT2D eigenvalue weighted by Gasteiger charge is 2.20. The van der Waals surface area contributed by atoms with E-state index >= 15 is 0 Å². The Morgan fingerprint density at radius 1 is 1.17 bits per heavy atom. The van der Waals surface area contributed by atoms with E-state index in [4.69, 9.17) is 0 Å². The second-order valence-electron chi connectivity index (χ2n) is 5.88. The zero-order valence-corrected chi connectivity index (χ0v) is 14.7. The van der Waals surface area contributed by atoms with E-state index in [1.165, 1.54) is 6.07 Å². The molecule has 0 unspecified atom stereocenters. The molecule has 0 saturated carbocycles. The van der Waals surface area contributed by atoms with Crippen molar-refractivity contribution < 1.29 is 9.18 Å². The molecule has 0 aliphatic carbocycles. The number of halogens is 1. The van der Waals surface area contributed by atoms with Crippen molar-refractivity contribution in [2.24, 2.45) is 4.99 Å². The van der Waals surface area contributed by atoms with Gasteiger partial charge >= 0.3 is 0 Å². The summed E-state index contributed by atoms with van der Waals surface area (Å²) in [5.41, 5.74) is 6.28. The normalized spacial score (nSPS) is 13.3. The minimum atomic E-state index is -0.994. The van der Waals surface area contributed by atoms with Gasteiger partial charge in [0.2, 0.25) is 5.91 Å². The number of benzodiazepines with no additional fused rings is 1. The number of benzene rings is 2. The van der Waals surface area contributed by atoms with Crippen LogP contribution >= 0.6 is 0 Å². The summed E-state index contributed by atoms with van der Waals surface area (Å²) >= 11 is 0. The van der Waals surface area contributed by atoms with E-state index in [9.17, 15) is 9.18 Å². The lowest BCUT2D eigenvalue weighted by molar-refractivity contribution is -0.114. The van der Waals surface area contributed by atoms with Gasteiger partial charge in [0.15, 0.2) is 0 Å². The Balaban J connectivity index is 2.16. The van der Waals surface area contributed by atoms with Gasteiger partial charge in [0.1, 0.15) is 21.2 Å². The summed E-state index contributed by atoms with van der Waals surface area (Å²) < 4.78 is 14.2. The summed E-state index contributed by atoms with van der Waals surface area (Å²) in [6.07, 6.45) is 0. The molecule has 5 heteroatoms. The van der Waals surface area contributed by atoms with Crippen LogP contribution in [0.25, 0.3) is 0 Å². The van der Waals surface area contributed by atoms with Crippen LogP contribution in [0.3, 0.4) is 0 Å². The van der Waals surface area contributed by atoms with Crippen molar-refractivity contribution in [1.29, 1.82) is 0 Å². The summed E-state index contributed by atoms with van der Waals surface area (Å²) in [7, 11) is -0.994. The van der Waals surface area contributed by atoms with Gasteiger partial charge in [0, 0.05) is 16.7 Å². The van der Waals surface area contributed by atoms with Crippen LogP contribution in [-0.2, 0) is 4.79 Å². The molecule has 0 radical (unpaired) electrons. The molecule has 24 heavy (non-hydrogen) atoms. The topological polar surface area (TPSA) is 41.5 Å². The van der Waals surface area contributed by atoms with Crippen molar-refractivity contribution in [3.8, 4) is 11.5 Å². The fourth-order valence-electron chi connectivity index (χ4n) is 2.46. The largest absolute Gasteiger partial charge is 0.324 e. The smallest absolute Gasteiger partial charge is 0.246 e. The van der Waals surface area contributed by atoms with Crippen LogP contribution in [0, 0.1) is 17.3 Å². The number of carbonyl (C=O) groups excluding carboxylic acids is 1. The van der Waals surface area contributed by atoms with Gasteiger partial charge in [-0.25, -0.2) is 4.39 Å². The molecule has 0 bridgehead atoms. The molecule has 3 nitrogen and oxygen atoms in total. The maximum atomic E-state index is 14.2. The monoisotopic (exact) mass is 336 g/mol. The summed E-state index contributed by atoms with van der Waals surface area (Å²) in [6, 6.07) is 12.0. The van der Waals surface area contributed by atoms with Crippen LogP contribution in [0.5, 0.6) is 0 Å². The fourth-order valence-corrected chi connectivity index (χ4v) is 2.92. The van der Waals surface area contributed by atoms with Gasteiger partial charge in [-0.05, 0) is 30.3 Å². The first-order valence-corrected chi connectivity index (χ1v) is 10.7. The summed E-state index contributed by atoms with van der Waals surface area (Å²) in [6.45, 7) is 4.28. The molecule has 3 rings (SSSR count). The van der Waals surface area contributed by atoms with Crippen molar-refractivity contribution in [2.75, 3.05) is 11.9 Å². The highest BCUT2D eigenvalue weighted by atomic mass is 28.3. The Bertz CT molecular complexity index is 894. The van der Waals surface area contributed by atoms with E-state index in [1.54, 1.807) is 24.3 Å². The molecule has 0 fully saturated rings. The third-order valence-electron chi connectivity index (χ3n) is 3.56. The van der Waals surface area contributed by atoms with Crippen molar-refractivity contribution in [2.45, 2.75) is 13.1 Å². The van der Waals surface area contributed by atoms with Gasteiger partial charge in [-0.15, -0.1) is 5.54 Å². The quantitative estimate of drug-likeness (QED) is 0.631. The Hall–Kier alpha value is -2.71. The number of anilines is 1. The Morgan fingerprint density at radius 2 is 1.96 bits per heavy atom. The molecule has 1 N–H and O–H groups in total. The van der Waals surface area contributed by atoms with E-state index in [0.29, 0.717) is 22.5 Å². The number of hydrogen-bond donors (Lipinski definition) is 1. The van der Waals surface area contributed by atoms with Crippen LogP contribution < -0.4 is 5.32 Å². The second-order valence-corrected chi connectivity index (χ2v) is 8.48. The first-order valence-electron chi connectivity index (χ1n) is 7.80. The lowest BCUT2D eigenvalue weighted by Gasteiger charge is -2.11. The number of carbonyl (C=O) groups is 1. The van der Waals surface area contributed by atoms with Gasteiger partial charge in [-0.3, -0.25) is 9.79 Å². The minimum absolute atomic E-state index is 0.0295. The number of nitrogens with zero attached hydrogens (tertiary/aromatic N) is 1. The van der Waals surface area contributed by atoms with E-state index in [1.807, 2.05) is 12.1 Å². The third-order valence-corrected chi connectivity index (χ3v) is 4.29. The zero-order chi connectivity index (χ0) is 17.1. The Morgan fingerprint density at radius 3 is 2.71 bits per heavy atom. The maximum Gasteiger partial charge on any atom is 0.246 e. The summed E-state index contributed by atoms with van der Waals surface area (Å²) in [5.74, 6) is 2.59. The molecule has 0 saturated heterocycles. The Labute approximate surface area is 142 Å². The van der Waals surface area contributed by atoms with Crippen LogP contribution in [0.2, 0.25) is 13.1 Å². The fraction of sp³-hybridized carbons (Fsp3) is 0.158. The van der Waals surface area contributed by atoms with Crippen molar-refractivity contribution in [3.63, 3.8) is 0 Å². The van der Waals surface area contributed by atoms with Gasteiger partial charge in [0.25, 0.3) is 0 Å². The Kier molecular flexibility index (Phi) is 4.58. The molecule has 1 aliphatic heterocycles. The van der Waals surface area contributed by atoms with Crippen molar-refractivity contribution >= 4 is 26.1 Å². The maximum absolute atomic E-state index is 14.2. The second kappa shape index (κ2) is 6.81. The zero-order valence-electron chi connectivity index (χ0n) is 13.6. The predicted octanol–water partition coefficient (Wildman–Crippen LogP) is 2.99. The molecule has 2 aromatic carbocycles. The first-order chi connectivity index (χ1) is 11.5. The number of nitrogens with one attached hydrogen (secondary N) is 1. The van der Waals surface area contributed by atoms with Crippen molar-refractivity contribution in [1.82, 2.24) is 0 Å². The SMILES string of the molecule is C[SiH](C)C#Cc1ccc2c(c1)C(c1ccccc1F)=NCC(=O)N2. The van der Waals surface area contributed by atoms with Gasteiger partial charge in [-0.1, -0.05) is 31.1 Å². The molecular formula is C19H17FN2OSi. The average molecular weight is 336 g/mol. The van der Waals surface area contributed by atoms with Crippen LogP contribution in [0.1, 0.15) is 16.7 Å². The van der Waals surface area contributed by atoms with E-state index in [2.05, 4.69) is 34.9 Å². The number of aliphatic imine (C=N–C) groups is 1. The molecular weight excluding hydrogens is 319 g/mol. The lowest BCUT2D eigenvalue weighted by atomic mass is 9.98. The first kappa shape index (κ1) is 16.2. The average Bonchev–Trinajstić information content (AvgIpc) is 2.71. The molecule has 1 aliphatic rings. The summed E-state index contributed by atoms with van der Waals surface area (Å²) in [5, 5.41) is 2.82. The predicted molar refractivity (Wildman–Crippen MR) is 97.7 cm³/mol. The van der Waals surface area contributed by atoms with Gasteiger partial charge < -0.3 is 5.32 Å². The summed E-state index contributed by atoms with van der Waals surface area (Å²) in [4.78, 5) is 16.2. The molecule has 1 amide bonds. The van der Waals surface area contributed by atoms with Crippen molar-refractivity contribution in [3.05, 3.63) is 65.0 Å². The third kappa shape index (κ3) is 3.44. The highest BCUT2D eigenvalue weighted by molar-refractivity contribution is 6.64. The number of hydrogen-bond acceptors (Lipinski definition) is 2. The lowest BCUT2D eigenvalue weighted by Crippen LogP contribution is -2.13.